The summed E-state index contributed by atoms with van der Waals surface area (Å²) in [4.78, 5) is 14.9. The number of methoxy groups -OCH3 is 1. The van der Waals surface area contributed by atoms with Gasteiger partial charge in [-0.2, -0.15) is 0 Å². The molecule has 2 aliphatic heterocycles. The quantitative estimate of drug-likeness (QED) is 0.918. The highest BCUT2D eigenvalue weighted by Gasteiger charge is 2.39. The molecule has 4 rings (SSSR count). The van der Waals surface area contributed by atoms with Gasteiger partial charge in [-0.1, -0.05) is 18.2 Å². The van der Waals surface area contributed by atoms with Crippen LogP contribution in [0.4, 0.5) is 4.39 Å². The molecule has 2 fully saturated rings. The van der Waals surface area contributed by atoms with Gasteiger partial charge in [0.05, 0.1) is 12.7 Å². The van der Waals surface area contributed by atoms with Gasteiger partial charge in [0, 0.05) is 18.6 Å². The SMILES string of the molecule is COc1ccc(-c2ccc(C(=O)N3C4CCNCC3CC4)c(F)c2)cc1. The molecule has 0 saturated carbocycles. The highest BCUT2D eigenvalue weighted by Crippen LogP contribution is 2.31. The van der Waals surface area contributed by atoms with Gasteiger partial charge in [-0.15, -0.1) is 0 Å². The molecular weight excluding hydrogens is 331 g/mol. The lowest BCUT2D eigenvalue weighted by atomic mass is 10.0. The Morgan fingerprint density at radius 3 is 2.54 bits per heavy atom. The minimum atomic E-state index is -0.458. The van der Waals surface area contributed by atoms with Crippen LogP contribution in [0.15, 0.2) is 42.5 Å². The van der Waals surface area contributed by atoms with Crippen LogP contribution in [0.25, 0.3) is 11.1 Å². The summed E-state index contributed by atoms with van der Waals surface area (Å²) in [6, 6.07) is 12.7. The van der Waals surface area contributed by atoms with Gasteiger partial charge in [0.25, 0.3) is 5.91 Å². The second-order valence-electron chi connectivity index (χ2n) is 7.01. The Kier molecular flexibility index (Phi) is 4.64. The van der Waals surface area contributed by atoms with Crippen LogP contribution in [0.1, 0.15) is 29.6 Å². The van der Waals surface area contributed by atoms with Crippen molar-refractivity contribution in [1.29, 1.82) is 0 Å². The van der Waals surface area contributed by atoms with E-state index in [0.717, 1.165) is 49.2 Å². The maximum atomic E-state index is 14.8. The van der Waals surface area contributed by atoms with E-state index in [1.807, 2.05) is 35.2 Å². The molecule has 26 heavy (non-hydrogen) atoms. The topological polar surface area (TPSA) is 41.6 Å². The largest absolute Gasteiger partial charge is 0.497 e. The first-order valence-electron chi connectivity index (χ1n) is 9.14. The number of halogens is 1. The van der Waals surface area contributed by atoms with Crippen LogP contribution in [-0.2, 0) is 0 Å². The van der Waals surface area contributed by atoms with Crippen molar-refractivity contribution in [3.05, 3.63) is 53.8 Å². The predicted octanol–water partition coefficient (Wildman–Crippen LogP) is 3.47. The van der Waals surface area contributed by atoms with E-state index >= 15 is 0 Å². The monoisotopic (exact) mass is 354 g/mol. The van der Waals surface area contributed by atoms with E-state index in [4.69, 9.17) is 4.74 Å². The van der Waals surface area contributed by atoms with E-state index in [2.05, 4.69) is 5.32 Å². The molecule has 1 N–H and O–H groups in total. The molecule has 2 bridgehead atoms. The Labute approximate surface area is 153 Å². The minimum absolute atomic E-state index is 0.168. The molecule has 5 heteroatoms. The Hall–Kier alpha value is -2.40. The predicted molar refractivity (Wildman–Crippen MR) is 98.9 cm³/mol. The van der Waals surface area contributed by atoms with Crippen molar-refractivity contribution in [1.82, 2.24) is 10.2 Å². The minimum Gasteiger partial charge on any atom is -0.497 e. The maximum Gasteiger partial charge on any atom is 0.257 e. The van der Waals surface area contributed by atoms with Gasteiger partial charge in [-0.05, 0) is 61.2 Å². The molecule has 2 unspecified atom stereocenters. The summed E-state index contributed by atoms with van der Waals surface area (Å²) in [5, 5.41) is 3.37. The van der Waals surface area contributed by atoms with Crippen molar-refractivity contribution in [2.75, 3.05) is 20.2 Å². The summed E-state index contributed by atoms with van der Waals surface area (Å²) in [5.74, 6) is 0.117. The van der Waals surface area contributed by atoms with Gasteiger partial charge in [-0.25, -0.2) is 4.39 Å². The van der Waals surface area contributed by atoms with Crippen molar-refractivity contribution in [3.8, 4) is 16.9 Å². The van der Waals surface area contributed by atoms with Crippen molar-refractivity contribution in [2.45, 2.75) is 31.3 Å². The van der Waals surface area contributed by atoms with Gasteiger partial charge >= 0.3 is 0 Å². The third-order valence-corrected chi connectivity index (χ3v) is 5.51. The highest BCUT2D eigenvalue weighted by molar-refractivity contribution is 5.95. The summed E-state index contributed by atoms with van der Waals surface area (Å²) in [6.07, 6.45) is 2.95. The van der Waals surface area contributed by atoms with Crippen LogP contribution in [-0.4, -0.2) is 43.1 Å². The average molecular weight is 354 g/mol. The number of carbonyl (C=O) groups is 1. The van der Waals surface area contributed by atoms with Crippen LogP contribution in [0, 0.1) is 5.82 Å². The smallest absolute Gasteiger partial charge is 0.257 e. The molecule has 2 aromatic carbocycles. The first-order valence-corrected chi connectivity index (χ1v) is 9.14. The summed E-state index contributed by atoms with van der Waals surface area (Å²) in [6.45, 7) is 1.72. The molecule has 0 spiro atoms. The van der Waals surface area contributed by atoms with Crippen LogP contribution >= 0.6 is 0 Å². The normalized spacial score (nSPS) is 22.2. The van der Waals surface area contributed by atoms with Gasteiger partial charge in [0.2, 0.25) is 0 Å². The summed E-state index contributed by atoms with van der Waals surface area (Å²) in [5.41, 5.74) is 1.81. The van der Waals surface area contributed by atoms with Crippen LogP contribution in [0.5, 0.6) is 5.75 Å². The van der Waals surface area contributed by atoms with E-state index in [9.17, 15) is 9.18 Å². The molecule has 2 aromatic rings. The van der Waals surface area contributed by atoms with Crippen molar-refractivity contribution < 1.29 is 13.9 Å². The molecule has 2 aliphatic rings. The fraction of sp³-hybridized carbons (Fsp3) is 0.381. The zero-order valence-corrected chi connectivity index (χ0v) is 14.9. The average Bonchev–Trinajstić information content (AvgIpc) is 2.94. The lowest BCUT2D eigenvalue weighted by molar-refractivity contribution is 0.0675. The number of rotatable bonds is 3. The molecule has 2 saturated heterocycles. The Morgan fingerprint density at radius 2 is 1.81 bits per heavy atom. The molecule has 2 atom stereocenters. The van der Waals surface area contributed by atoms with Crippen LogP contribution in [0.2, 0.25) is 0 Å². The molecule has 0 aliphatic carbocycles. The number of hydrogen-bond donors (Lipinski definition) is 1. The first kappa shape index (κ1) is 17.0. The molecule has 0 aromatic heterocycles. The van der Waals surface area contributed by atoms with Crippen molar-refractivity contribution in [2.24, 2.45) is 0 Å². The number of amides is 1. The number of benzene rings is 2. The molecule has 0 radical (unpaired) electrons. The standard InChI is InChI=1S/C21H23FN2O2/c1-26-18-7-2-14(3-8-18)15-4-9-19(20(22)12-15)21(25)24-16-5-6-17(24)13-23-11-10-16/h2-4,7-9,12,16-17,23H,5-6,10-11,13H2,1H3. The molecular formula is C21H23FN2O2. The summed E-state index contributed by atoms with van der Waals surface area (Å²) >= 11 is 0. The lowest BCUT2D eigenvalue weighted by Gasteiger charge is -2.28. The van der Waals surface area contributed by atoms with Gasteiger partial charge in [0.15, 0.2) is 0 Å². The number of nitrogens with zero attached hydrogens (tertiary/aromatic N) is 1. The van der Waals surface area contributed by atoms with E-state index in [-0.39, 0.29) is 23.6 Å². The summed E-state index contributed by atoms with van der Waals surface area (Å²) < 4.78 is 19.9. The second kappa shape index (κ2) is 7.08. The molecule has 1 amide bonds. The Morgan fingerprint density at radius 1 is 1.08 bits per heavy atom. The van der Waals surface area contributed by atoms with Crippen molar-refractivity contribution in [3.63, 3.8) is 0 Å². The second-order valence-corrected chi connectivity index (χ2v) is 7.01. The Bertz CT molecular complexity index is 792. The fourth-order valence-electron chi connectivity index (χ4n) is 4.10. The van der Waals surface area contributed by atoms with E-state index < -0.39 is 5.82 Å². The third kappa shape index (κ3) is 3.07. The van der Waals surface area contributed by atoms with Gasteiger partial charge in [0.1, 0.15) is 11.6 Å². The summed E-state index contributed by atoms with van der Waals surface area (Å²) in [7, 11) is 1.61. The van der Waals surface area contributed by atoms with E-state index in [0.29, 0.717) is 0 Å². The number of hydrogen-bond acceptors (Lipinski definition) is 3. The molecule has 136 valence electrons. The highest BCUT2D eigenvalue weighted by atomic mass is 19.1. The van der Waals surface area contributed by atoms with Gasteiger partial charge < -0.3 is 15.0 Å². The van der Waals surface area contributed by atoms with E-state index in [1.54, 1.807) is 13.2 Å². The van der Waals surface area contributed by atoms with Crippen molar-refractivity contribution >= 4 is 5.91 Å². The number of fused-ring (bicyclic) bond motifs is 2. The first-order chi connectivity index (χ1) is 12.7. The van der Waals surface area contributed by atoms with Gasteiger partial charge in [-0.3, -0.25) is 4.79 Å². The zero-order chi connectivity index (χ0) is 18.1. The third-order valence-electron chi connectivity index (χ3n) is 5.51. The van der Waals surface area contributed by atoms with Crippen LogP contribution in [0.3, 0.4) is 0 Å². The van der Waals surface area contributed by atoms with E-state index in [1.165, 1.54) is 6.07 Å². The number of carbonyl (C=O) groups excluding carboxylic acids is 1. The Balaban J connectivity index is 1.60. The lowest BCUT2D eigenvalue weighted by Crippen LogP contribution is -2.42. The fourth-order valence-corrected chi connectivity index (χ4v) is 4.10. The maximum absolute atomic E-state index is 14.8. The number of nitrogens with one attached hydrogen (secondary N) is 1. The number of ether oxygens (including phenoxy) is 1. The van der Waals surface area contributed by atoms with Crippen LogP contribution < -0.4 is 10.1 Å². The molecule has 4 nitrogen and oxygen atoms in total. The molecule has 2 heterocycles. The zero-order valence-electron chi connectivity index (χ0n) is 14.9.